The van der Waals surface area contributed by atoms with E-state index in [1.165, 1.54) is 6.07 Å². The number of aryl methyl sites for hydroxylation is 1. The molecule has 0 fully saturated rings. The van der Waals surface area contributed by atoms with Gasteiger partial charge >= 0.3 is 0 Å². The highest BCUT2D eigenvalue weighted by Gasteiger charge is 2.12. The van der Waals surface area contributed by atoms with Gasteiger partial charge in [0, 0.05) is 28.0 Å². The highest BCUT2D eigenvalue weighted by molar-refractivity contribution is 7.99. The summed E-state index contributed by atoms with van der Waals surface area (Å²) < 4.78 is 0. The van der Waals surface area contributed by atoms with Crippen LogP contribution in [0.1, 0.15) is 5.56 Å². The molecule has 0 heterocycles. The molecule has 0 aliphatic rings. The summed E-state index contributed by atoms with van der Waals surface area (Å²) in [7, 11) is 0. The maximum absolute atomic E-state index is 10.9. The van der Waals surface area contributed by atoms with E-state index in [-0.39, 0.29) is 10.6 Å². The molecular weight excluding hydrogens is 296 g/mol. The van der Waals surface area contributed by atoms with Crippen molar-refractivity contribution in [3.8, 4) is 0 Å². The average Bonchev–Trinajstić information content (AvgIpc) is 2.43. The van der Waals surface area contributed by atoms with Crippen molar-refractivity contribution < 1.29 is 4.92 Å². The SMILES string of the molecule is Nc1ccc(Cl)c(SCCc2ccccc2[N+](=O)[O-])c1. The molecule has 0 amide bonds. The van der Waals surface area contributed by atoms with Crippen LogP contribution in [0, 0.1) is 10.1 Å². The number of benzene rings is 2. The lowest BCUT2D eigenvalue weighted by molar-refractivity contribution is -0.385. The van der Waals surface area contributed by atoms with Crippen LogP contribution in [0.25, 0.3) is 0 Å². The number of hydrogen-bond acceptors (Lipinski definition) is 4. The van der Waals surface area contributed by atoms with Gasteiger partial charge in [-0.25, -0.2) is 0 Å². The van der Waals surface area contributed by atoms with Gasteiger partial charge in [-0.1, -0.05) is 29.8 Å². The van der Waals surface area contributed by atoms with E-state index >= 15 is 0 Å². The molecule has 0 aromatic heterocycles. The predicted molar refractivity (Wildman–Crippen MR) is 83.4 cm³/mol. The van der Waals surface area contributed by atoms with Crippen LogP contribution in [0.2, 0.25) is 5.02 Å². The fraction of sp³-hybridized carbons (Fsp3) is 0.143. The van der Waals surface area contributed by atoms with Crippen molar-refractivity contribution in [1.29, 1.82) is 0 Å². The number of hydrogen-bond donors (Lipinski definition) is 1. The van der Waals surface area contributed by atoms with E-state index in [0.717, 1.165) is 10.5 Å². The molecule has 2 N–H and O–H groups in total. The van der Waals surface area contributed by atoms with Crippen molar-refractivity contribution in [3.63, 3.8) is 0 Å². The standard InChI is InChI=1S/C14H13ClN2O2S/c15-12-6-5-11(16)9-14(12)20-8-7-10-3-1-2-4-13(10)17(18)19/h1-6,9H,7-8,16H2. The van der Waals surface area contributed by atoms with Gasteiger partial charge in [-0.3, -0.25) is 10.1 Å². The molecule has 2 rings (SSSR count). The van der Waals surface area contributed by atoms with E-state index in [1.54, 1.807) is 42.1 Å². The van der Waals surface area contributed by atoms with Gasteiger partial charge in [0.25, 0.3) is 5.69 Å². The molecule has 0 radical (unpaired) electrons. The summed E-state index contributed by atoms with van der Waals surface area (Å²) in [5.41, 5.74) is 7.25. The molecule has 0 unspecified atom stereocenters. The summed E-state index contributed by atoms with van der Waals surface area (Å²) in [6.45, 7) is 0. The maximum atomic E-state index is 10.9. The molecule has 2 aromatic rings. The van der Waals surface area contributed by atoms with Crippen molar-refractivity contribution >= 4 is 34.7 Å². The van der Waals surface area contributed by atoms with E-state index in [9.17, 15) is 10.1 Å². The van der Waals surface area contributed by atoms with Gasteiger partial charge in [-0.05, 0) is 24.6 Å². The largest absolute Gasteiger partial charge is 0.399 e. The minimum absolute atomic E-state index is 0.159. The minimum Gasteiger partial charge on any atom is -0.399 e. The molecule has 0 saturated carbocycles. The Hall–Kier alpha value is -1.72. The average molecular weight is 309 g/mol. The van der Waals surface area contributed by atoms with Crippen LogP contribution in [-0.4, -0.2) is 10.7 Å². The van der Waals surface area contributed by atoms with Gasteiger partial charge in [0.1, 0.15) is 0 Å². The molecule has 0 bridgehead atoms. The van der Waals surface area contributed by atoms with Crippen molar-refractivity contribution in [2.24, 2.45) is 0 Å². The Morgan fingerprint density at radius 1 is 1.25 bits per heavy atom. The highest BCUT2D eigenvalue weighted by Crippen LogP contribution is 2.30. The fourth-order valence-electron chi connectivity index (χ4n) is 1.80. The minimum atomic E-state index is -0.354. The van der Waals surface area contributed by atoms with E-state index in [2.05, 4.69) is 0 Å². The van der Waals surface area contributed by atoms with Crippen LogP contribution < -0.4 is 5.73 Å². The zero-order valence-corrected chi connectivity index (χ0v) is 12.2. The Balaban J connectivity index is 2.03. The van der Waals surface area contributed by atoms with Gasteiger partial charge in [0.15, 0.2) is 0 Å². The van der Waals surface area contributed by atoms with Crippen molar-refractivity contribution in [2.75, 3.05) is 11.5 Å². The molecule has 104 valence electrons. The second-order valence-electron chi connectivity index (χ2n) is 4.17. The summed E-state index contributed by atoms with van der Waals surface area (Å²) in [5.74, 6) is 0.702. The van der Waals surface area contributed by atoms with Crippen LogP contribution in [-0.2, 0) is 6.42 Å². The van der Waals surface area contributed by atoms with Gasteiger partial charge in [0.2, 0.25) is 0 Å². The van der Waals surface area contributed by atoms with Crippen LogP contribution in [0.15, 0.2) is 47.4 Å². The monoisotopic (exact) mass is 308 g/mol. The lowest BCUT2D eigenvalue weighted by Gasteiger charge is -2.06. The zero-order valence-electron chi connectivity index (χ0n) is 10.6. The molecule has 2 aromatic carbocycles. The van der Waals surface area contributed by atoms with Gasteiger partial charge in [-0.2, -0.15) is 0 Å². The summed E-state index contributed by atoms with van der Waals surface area (Å²) in [6, 6.07) is 12.1. The number of nitrogens with zero attached hydrogens (tertiary/aromatic N) is 1. The van der Waals surface area contributed by atoms with Crippen molar-refractivity contribution in [1.82, 2.24) is 0 Å². The van der Waals surface area contributed by atoms with E-state index < -0.39 is 0 Å². The number of nitro groups is 1. The van der Waals surface area contributed by atoms with E-state index in [0.29, 0.717) is 22.9 Å². The second kappa shape index (κ2) is 6.63. The molecule has 0 spiro atoms. The maximum Gasteiger partial charge on any atom is 0.272 e. The molecular formula is C14H13ClN2O2S. The summed E-state index contributed by atoms with van der Waals surface area (Å²) >= 11 is 7.62. The van der Waals surface area contributed by atoms with Crippen LogP contribution in [0.3, 0.4) is 0 Å². The number of nitrogen functional groups attached to an aromatic ring is 1. The van der Waals surface area contributed by atoms with Gasteiger partial charge in [-0.15, -0.1) is 11.8 Å². The molecule has 0 saturated heterocycles. The van der Waals surface area contributed by atoms with Crippen LogP contribution in [0.4, 0.5) is 11.4 Å². The zero-order chi connectivity index (χ0) is 14.5. The Labute approximate surface area is 126 Å². The first-order chi connectivity index (χ1) is 9.58. The number of nitro benzene ring substituents is 1. The number of anilines is 1. The van der Waals surface area contributed by atoms with Crippen LogP contribution >= 0.6 is 23.4 Å². The smallest absolute Gasteiger partial charge is 0.272 e. The predicted octanol–water partition coefficient (Wildman–Crippen LogP) is 4.17. The Bertz CT molecular complexity index is 634. The van der Waals surface area contributed by atoms with Crippen LogP contribution in [0.5, 0.6) is 0 Å². The lowest BCUT2D eigenvalue weighted by Crippen LogP contribution is -1.97. The third-order valence-corrected chi connectivity index (χ3v) is 4.27. The number of rotatable bonds is 5. The molecule has 6 heteroatoms. The normalized spacial score (nSPS) is 10.4. The molecule has 0 aliphatic carbocycles. The first-order valence-corrected chi connectivity index (χ1v) is 7.34. The third kappa shape index (κ3) is 3.65. The summed E-state index contributed by atoms with van der Waals surface area (Å²) in [4.78, 5) is 11.5. The molecule has 0 aliphatic heterocycles. The molecule has 4 nitrogen and oxygen atoms in total. The van der Waals surface area contributed by atoms with Gasteiger partial charge in [0.05, 0.1) is 9.95 Å². The lowest BCUT2D eigenvalue weighted by atomic mass is 10.1. The number of para-hydroxylation sites is 1. The number of halogens is 1. The van der Waals surface area contributed by atoms with E-state index in [4.69, 9.17) is 17.3 Å². The fourth-order valence-corrected chi connectivity index (χ4v) is 3.05. The molecule has 20 heavy (non-hydrogen) atoms. The number of thioether (sulfide) groups is 1. The topological polar surface area (TPSA) is 69.2 Å². The molecule has 0 atom stereocenters. The Morgan fingerprint density at radius 2 is 2.00 bits per heavy atom. The second-order valence-corrected chi connectivity index (χ2v) is 5.72. The van der Waals surface area contributed by atoms with Crippen molar-refractivity contribution in [2.45, 2.75) is 11.3 Å². The first-order valence-electron chi connectivity index (χ1n) is 5.98. The first kappa shape index (κ1) is 14.7. The Morgan fingerprint density at radius 3 is 2.75 bits per heavy atom. The quantitative estimate of drug-likeness (QED) is 0.389. The third-order valence-electron chi connectivity index (χ3n) is 2.77. The van der Waals surface area contributed by atoms with E-state index in [1.807, 2.05) is 6.07 Å². The highest BCUT2D eigenvalue weighted by atomic mass is 35.5. The van der Waals surface area contributed by atoms with Crippen molar-refractivity contribution in [3.05, 3.63) is 63.2 Å². The number of nitrogens with two attached hydrogens (primary N) is 1. The van der Waals surface area contributed by atoms with Gasteiger partial charge < -0.3 is 5.73 Å². The summed E-state index contributed by atoms with van der Waals surface area (Å²) in [6.07, 6.45) is 0.604. The summed E-state index contributed by atoms with van der Waals surface area (Å²) in [5, 5.41) is 11.6. The Kier molecular flexibility index (Phi) is 4.87.